The van der Waals surface area contributed by atoms with Gasteiger partial charge < -0.3 is 19.8 Å². The Balaban J connectivity index is 1.97. The van der Waals surface area contributed by atoms with Crippen LogP contribution in [0, 0.1) is 0 Å². The van der Waals surface area contributed by atoms with Crippen molar-refractivity contribution in [1.82, 2.24) is 15.5 Å². The first-order chi connectivity index (χ1) is 9.67. The second-order valence-electron chi connectivity index (χ2n) is 4.79. The molecule has 0 aliphatic carbocycles. The summed E-state index contributed by atoms with van der Waals surface area (Å²) in [7, 11) is 1.67. The Kier molecular flexibility index (Phi) is 5.09. The maximum Gasteiger partial charge on any atom is 0.320 e. The van der Waals surface area contributed by atoms with Crippen LogP contribution in [0.15, 0.2) is 28.7 Å². The highest BCUT2D eigenvalue weighted by Gasteiger charge is 2.06. The lowest BCUT2D eigenvalue weighted by Gasteiger charge is -2.05. The predicted octanol–water partition coefficient (Wildman–Crippen LogP) is 2.46. The minimum Gasteiger partial charge on any atom is -0.406 e. The molecule has 0 unspecified atom stereocenters. The smallest absolute Gasteiger partial charge is 0.320 e. The zero-order valence-electron chi connectivity index (χ0n) is 12.0. The number of aromatic nitrogens is 2. The van der Waals surface area contributed by atoms with Crippen LogP contribution < -0.4 is 10.6 Å². The van der Waals surface area contributed by atoms with Gasteiger partial charge in [0.05, 0.1) is 13.2 Å². The average Bonchev–Trinajstić information content (AvgIpc) is 2.85. The molecule has 108 valence electrons. The van der Waals surface area contributed by atoms with E-state index in [0.29, 0.717) is 31.1 Å². The van der Waals surface area contributed by atoms with Crippen LogP contribution >= 0.6 is 0 Å². The van der Waals surface area contributed by atoms with Crippen molar-refractivity contribution in [3.05, 3.63) is 35.7 Å². The lowest BCUT2D eigenvalue weighted by molar-refractivity contribution is 0.185. The van der Waals surface area contributed by atoms with Crippen molar-refractivity contribution >= 4 is 11.7 Å². The molecule has 6 heteroatoms. The van der Waals surface area contributed by atoms with E-state index in [9.17, 15) is 0 Å². The van der Waals surface area contributed by atoms with Crippen molar-refractivity contribution in [3.63, 3.8) is 0 Å². The lowest BCUT2D eigenvalue weighted by atomic mass is 10.2. The molecule has 0 aliphatic heterocycles. The van der Waals surface area contributed by atoms with E-state index in [-0.39, 0.29) is 0 Å². The molecule has 2 rings (SSSR count). The van der Waals surface area contributed by atoms with E-state index in [1.54, 1.807) is 7.11 Å². The normalized spacial score (nSPS) is 11.0. The molecule has 6 nitrogen and oxygen atoms in total. The van der Waals surface area contributed by atoms with Gasteiger partial charge in [0, 0.05) is 18.8 Å². The molecule has 1 aromatic heterocycles. The Morgan fingerprint density at radius 2 is 2.15 bits per heavy atom. The van der Waals surface area contributed by atoms with Crippen molar-refractivity contribution in [2.24, 2.45) is 0 Å². The first-order valence-corrected chi connectivity index (χ1v) is 6.58. The Morgan fingerprint density at radius 3 is 2.90 bits per heavy atom. The standard InChI is InChI=1S/C14H20N4O2/c1-10(2)15-8-13-17-18-14(20-13)16-12-6-4-5-11(7-12)9-19-3/h4-7,10,15H,8-9H2,1-3H3,(H,16,18). The molecule has 0 atom stereocenters. The quantitative estimate of drug-likeness (QED) is 0.809. The summed E-state index contributed by atoms with van der Waals surface area (Å²) in [4.78, 5) is 0. The van der Waals surface area contributed by atoms with Gasteiger partial charge in [-0.3, -0.25) is 0 Å². The minimum absolute atomic E-state index is 0.379. The summed E-state index contributed by atoms with van der Waals surface area (Å²) in [5.74, 6) is 0.564. The molecule has 0 aliphatic rings. The van der Waals surface area contributed by atoms with Gasteiger partial charge in [-0.15, -0.1) is 5.10 Å². The third-order valence-corrected chi connectivity index (χ3v) is 2.62. The van der Waals surface area contributed by atoms with Gasteiger partial charge in [-0.2, -0.15) is 0 Å². The molecule has 0 amide bonds. The Hall–Kier alpha value is -1.92. The second kappa shape index (κ2) is 7.02. The monoisotopic (exact) mass is 276 g/mol. The highest BCUT2D eigenvalue weighted by Crippen LogP contribution is 2.17. The summed E-state index contributed by atoms with van der Waals surface area (Å²) in [6.45, 7) is 5.27. The molecular formula is C14H20N4O2. The van der Waals surface area contributed by atoms with Crippen molar-refractivity contribution in [2.75, 3.05) is 12.4 Å². The fraction of sp³-hybridized carbons (Fsp3) is 0.429. The van der Waals surface area contributed by atoms with Crippen LogP contribution in [0.4, 0.5) is 11.7 Å². The van der Waals surface area contributed by atoms with Gasteiger partial charge >= 0.3 is 6.01 Å². The molecule has 1 aromatic carbocycles. The SMILES string of the molecule is COCc1cccc(Nc2nnc(CNC(C)C)o2)c1. The largest absolute Gasteiger partial charge is 0.406 e. The number of methoxy groups -OCH3 is 1. The van der Waals surface area contributed by atoms with E-state index in [1.807, 2.05) is 24.3 Å². The van der Waals surface area contributed by atoms with Crippen LogP contribution in [0.3, 0.4) is 0 Å². The first kappa shape index (κ1) is 14.5. The van der Waals surface area contributed by atoms with Crippen molar-refractivity contribution in [1.29, 1.82) is 0 Å². The van der Waals surface area contributed by atoms with Crippen molar-refractivity contribution < 1.29 is 9.15 Å². The highest BCUT2D eigenvalue weighted by atomic mass is 16.5. The van der Waals surface area contributed by atoms with Crippen LogP contribution in [0.1, 0.15) is 25.3 Å². The molecule has 0 spiro atoms. The molecule has 0 fully saturated rings. The molecule has 1 heterocycles. The number of hydrogen-bond acceptors (Lipinski definition) is 6. The van der Waals surface area contributed by atoms with E-state index in [1.165, 1.54) is 0 Å². The zero-order chi connectivity index (χ0) is 14.4. The molecule has 0 bridgehead atoms. The van der Waals surface area contributed by atoms with E-state index in [2.05, 4.69) is 34.7 Å². The summed E-state index contributed by atoms with van der Waals surface area (Å²) in [6, 6.07) is 8.65. The third-order valence-electron chi connectivity index (χ3n) is 2.62. The van der Waals surface area contributed by atoms with Gasteiger partial charge in [0.25, 0.3) is 0 Å². The fourth-order valence-electron chi connectivity index (χ4n) is 1.70. The minimum atomic E-state index is 0.379. The van der Waals surface area contributed by atoms with Gasteiger partial charge in [0.2, 0.25) is 5.89 Å². The van der Waals surface area contributed by atoms with Crippen LogP contribution in [-0.4, -0.2) is 23.3 Å². The molecule has 2 N–H and O–H groups in total. The van der Waals surface area contributed by atoms with Gasteiger partial charge in [-0.05, 0) is 17.7 Å². The molecule has 0 radical (unpaired) electrons. The van der Waals surface area contributed by atoms with E-state index >= 15 is 0 Å². The number of anilines is 2. The van der Waals surface area contributed by atoms with Crippen LogP contribution in [-0.2, 0) is 17.9 Å². The average molecular weight is 276 g/mol. The number of benzene rings is 1. The van der Waals surface area contributed by atoms with E-state index in [4.69, 9.17) is 9.15 Å². The number of nitrogens with one attached hydrogen (secondary N) is 2. The summed E-state index contributed by atoms with van der Waals surface area (Å²) in [6.07, 6.45) is 0. The first-order valence-electron chi connectivity index (χ1n) is 6.58. The third kappa shape index (κ3) is 4.32. The van der Waals surface area contributed by atoms with Crippen LogP contribution in [0.25, 0.3) is 0 Å². The summed E-state index contributed by atoms with van der Waals surface area (Å²) in [5.41, 5.74) is 1.98. The zero-order valence-corrected chi connectivity index (χ0v) is 12.0. The molecule has 2 aromatic rings. The Labute approximate surface area is 118 Å². The molecule has 20 heavy (non-hydrogen) atoms. The number of nitrogens with zero attached hydrogens (tertiary/aromatic N) is 2. The second-order valence-corrected chi connectivity index (χ2v) is 4.79. The molecule has 0 saturated carbocycles. The van der Waals surface area contributed by atoms with Gasteiger partial charge in [0.15, 0.2) is 0 Å². The van der Waals surface area contributed by atoms with E-state index in [0.717, 1.165) is 11.3 Å². The Morgan fingerprint density at radius 1 is 1.30 bits per heavy atom. The maximum absolute atomic E-state index is 5.51. The van der Waals surface area contributed by atoms with Crippen LogP contribution in [0.5, 0.6) is 0 Å². The lowest BCUT2D eigenvalue weighted by Crippen LogP contribution is -2.21. The van der Waals surface area contributed by atoms with Crippen molar-refractivity contribution in [3.8, 4) is 0 Å². The maximum atomic E-state index is 5.51. The molecular weight excluding hydrogens is 256 g/mol. The number of ether oxygens (including phenoxy) is 1. The summed E-state index contributed by atoms with van der Waals surface area (Å²) in [5, 5.41) is 14.3. The summed E-state index contributed by atoms with van der Waals surface area (Å²) >= 11 is 0. The number of rotatable bonds is 7. The number of hydrogen-bond donors (Lipinski definition) is 2. The van der Waals surface area contributed by atoms with E-state index < -0.39 is 0 Å². The van der Waals surface area contributed by atoms with Crippen LogP contribution in [0.2, 0.25) is 0 Å². The van der Waals surface area contributed by atoms with Crippen molar-refractivity contribution in [2.45, 2.75) is 33.0 Å². The van der Waals surface area contributed by atoms with Gasteiger partial charge in [-0.25, -0.2) is 0 Å². The predicted molar refractivity (Wildman–Crippen MR) is 76.7 cm³/mol. The van der Waals surface area contributed by atoms with Gasteiger partial charge in [0.1, 0.15) is 0 Å². The molecule has 0 saturated heterocycles. The van der Waals surface area contributed by atoms with Gasteiger partial charge in [-0.1, -0.05) is 31.1 Å². The fourth-order valence-corrected chi connectivity index (χ4v) is 1.70. The highest BCUT2D eigenvalue weighted by molar-refractivity contribution is 5.52. The Bertz CT molecular complexity index is 539. The summed E-state index contributed by atoms with van der Waals surface area (Å²) < 4.78 is 10.6. The topological polar surface area (TPSA) is 72.2 Å².